The van der Waals surface area contributed by atoms with Crippen LogP contribution in [0.25, 0.3) is 0 Å². The van der Waals surface area contributed by atoms with Crippen LogP contribution in [0, 0.1) is 0 Å². The molecule has 0 saturated carbocycles. The van der Waals surface area contributed by atoms with E-state index in [1.165, 1.54) is 0 Å². The molecule has 1 heterocycles. The molecule has 1 atom stereocenters. The van der Waals surface area contributed by atoms with Gasteiger partial charge in [-0.1, -0.05) is 6.07 Å². The molecule has 96 valence electrons. The number of aliphatic hydroxyl groups is 1. The van der Waals surface area contributed by atoms with Crippen LogP contribution in [0.4, 0.5) is 5.82 Å². The van der Waals surface area contributed by atoms with E-state index in [2.05, 4.69) is 10.4 Å². The van der Waals surface area contributed by atoms with Crippen molar-refractivity contribution in [2.45, 2.75) is 12.6 Å². The third kappa shape index (κ3) is 5.10. The molecule has 6 nitrogen and oxygen atoms in total. The summed E-state index contributed by atoms with van der Waals surface area (Å²) < 4.78 is 4.87. The zero-order chi connectivity index (χ0) is 12.7. The molecule has 0 amide bonds. The first-order chi connectivity index (χ1) is 8.15. The van der Waals surface area contributed by atoms with Gasteiger partial charge in [0.1, 0.15) is 5.82 Å². The van der Waals surface area contributed by atoms with Crippen LogP contribution in [0.3, 0.4) is 0 Å². The van der Waals surface area contributed by atoms with Crippen LogP contribution < -0.4 is 11.3 Å². The van der Waals surface area contributed by atoms with Crippen LogP contribution in [-0.2, 0) is 11.3 Å². The number of nitrogen functional groups attached to an aromatic ring is 1. The smallest absolute Gasteiger partial charge is 0.139 e. The highest BCUT2D eigenvalue weighted by atomic mass is 16.5. The average Bonchev–Trinajstić information content (AvgIpc) is 2.30. The minimum absolute atomic E-state index is 0.346. The predicted molar refractivity (Wildman–Crippen MR) is 66.3 cm³/mol. The van der Waals surface area contributed by atoms with E-state index in [1.807, 2.05) is 24.1 Å². The molecular formula is C11H20N4O2. The second-order valence-corrected chi connectivity index (χ2v) is 4.00. The van der Waals surface area contributed by atoms with E-state index < -0.39 is 6.10 Å². The van der Waals surface area contributed by atoms with Crippen LogP contribution in [0.2, 0.25) is 0 Å². The molecule has 0 radical (unpaired) electrons. The van der Waals surface area contributed by atoms with E-state index in [0.29, 0.717) is 19.0 Å². The number of nitrogens with zero attached hydrogens (tertiary/aromatic N) is 2. The number of hydrogen-bond acceptors (Lipinski definition) is 6. The van der Waals surface area contributed by atoms with Crippen LogP contribution in [0.15, 0.2) is 18.3 Å². The Labute approximate surface area is 101 Å². The summed E-state index contributed by atoms with van der Waals surface area (Å²) in [6.45, 7) is 1.63. The molecule has 0 fully saturated rings. The average molecular weight is 240 g/mol. The Hall–Kier alpha value is -1.21. The van der Waals surface area contributed by atoms with Gasteiger partial charge in [0, 0.05) is 26.4 Å². The Balaban J connectivity index is 2.41. The number of likely N-dealkylation sites (N-methyl/N-ethyl adjacent to an activating group) is 1. The maximum absolute atomic E-state index is 9.57. The maximum Gasteiger partial charge on any atom is 0.139 e. The lowest BCUT2D eigenvalue weighted by molar-refractivity contribution is 0.0418. The SMILES string of the molecule is COCC(O)CN(C)Cc1ccc(NN)nc1. The summed E-state index contributed by atoms with van der Waals surface area (Å²) in [5, 5.41) is 9.57. The van der Waals surface area contributed by atoms with E-state index in [4.69, 9.17) is 10.6 Å². The van der Waals surface area contributed by atoms with Crippen LogP contribution >= 0.6 is 0 Å². The minimum atomic E-state index is -0.469. The standard InChI is InChI=1S/C11H20N4O2/c1-15(7-10(16)8-17-2)6-9-3-4-11(14-12)13-5-9/h3-5,10,16H,6-8,12H2,1-2H3,(H,13,14). The molecule has 0 aliphatic carbocycles. The van der Waals surface area contributed by atoms with Crippen molar-refractivity contribution < 1.29 is 9.84 Å². The van der Waals surface area contributed by atoms with Crippen molar-refractivity contribution in [2.24, 2.45) is 5.84 Å². The molecule has 0 aliphatic rings. The van der Waals surface area contributed by atoms with Gasteiger partial charge in [-0.25, -0.2) is 10.8 Å². The molecule has 1 rings (SSSR count). The van der Waals surface area contributed by atoms with E-state index >= 15 is 0 Å². The molecule has 0 bridgehead atoms. The zero-order valence-corrected chi connectivity index (χ0v) is 10.3. The van der Waals surface area contributed by atoms with Gasteiger partial charge in [0.15, 0.2) is 0 Å². The lowest BCUT2D eigenvalue weighted by atomic mass is 10.2. The first-order valence-corrected chi connectivity index (χ1v) is 5.42. The van der Waals surface area contributed by atoms with E-state index in [9.17, 15) is 5.11 Å². The fourth-order valence-corrected chi connectivity index (χ4v) is 1.58. The van der Waals surface area contributed by atoms with Crippen LogP contribution in [0.1, 0.15) is 5.56 Å². The third-order valence-electron chi connectivity index (χ3n) is 2.31. The number of nitrogens with two attached hydrogens (primary N) is 1. The molecule has 0 aliphatic heterocycles. The summed E-state index contributed by atoms with van der Waals surface area (Å²) in [7, 11) is 3.51. The summed E-state index contributed by atoms with van der Waals surface area (Å²) in [4.78, 5) is 6.13. The number of aromatic nitrogens is 1. The van der Waals surface area contributed by atoms with Crippen molar-refractivity contribution in [1.29, 1.82) is 0 Å². The van der Waals surface area contributed by atoms with Crippen LogP contribution in [0.5, 0.6) is 0 Å². The monoisotopic (exact) mass is 240 g/mol. The van der Waals surface area contributed by atoms with Gasteiger partial charge in [-0.3, -0.25) is 4.90 Å². The van der Waals surface area contributed by atoms with E-state index in [1.54, 1.807) is 13.3 Å². The van der Waals surface area contributed by atoms with E-state index in [0.717, 1.165) is 12.1 Å². The van der Waals surface area contributed by atoms with Gasteiger partial charge in [-0.05, 0) is 18.7 Å². The van der Waals surface area contributed by atoms with Gasteiger partial charge in [0.25, 0.3) is 0 Å². The molecule has 0 saturated heterocycles. The second-order valence-electron chi connectivity index (χ2n) is 4.00. The molecule has 1 aromatic heterocycles. The van der Waals surface area contributed by atoms with Crippen LogP contribution in [-0.4, -0.2) is 48.4 Å². The highest BCUT2D eigenvalue weighted by Crippen LogP contribution is 2.06. The number of pyridine rings is 1. The summed E-state index contributed by atoms with van der Waals surface area (Å²) in [6.07, 6.45) is 1.29. The van der Waals surface area contributed by atoms with Crippen molar-refractivity contribution in [3.63, 3.8) is 0 Å². The molecule has 1 aromatic rings. The molecule has 0 spiro atoms. The highest BCUT2D eigenvalue weighted by Gasteiger charge is 2.08. The van der Waals surface area contributed by atoms with Gasteiger partial charge in [-0.2, -0.15) is 0 Å². The lowest BCUT2D eigenvalue weighted by Gasteiger charge is -2.20. The molecule has 0 aromatic carbocycles. The van der Waals surface area contributed by atoms with Gasteiger partial charge in [0.05, 0.1) is 12.7 Å². The van der Waals surface area contributed by atoms with Crippen molar-refractivity contribution in [1.82, 2.24) is 9.88 Å². The molecule has 6 heteroatoms. The van der Waals surface area contributed by atoms with Gasteiger partial charge in [0.2, 0.25) is 0 Å². The first kappa shape index (κ1) is 13.9. The zero-order valence-electron chi connectivity index (χ0n) is 10.3. The van der Waals surface area contributed by atoms with Crippen molar-refractivity contribution in [3.8, 4) is 0 Å². The fraction of sp³-hybridized carbons (Fsp3) is 0.545. The summed E-state index contributed by atoms with van der Waals surface area (Å²) in [6, 6.07) is 3.76. The number of methoxy groups -OCH3 is 1. The van der Waals surface area contributed by atoms with Crippen molar-refractivity contribution in [2.75, 3.05) is 32.7 Å². The number of anilines is 1. The minimum Gasteiger partial charge on any atom is -0.389 e. The van der Waals surface area contributed by atoms with Crippen molar-refractivity contribution >= 4 is 5.82 Å². The number of hydrogen-bond donors (Lipinski definition) is 3. The lowest BCUT2D eigenvalue weighted by Crippen LogP contribution is -2.31. The molecule has 1 unspecified atom stereocenters. The molecule has 4 N–H and O–H groups in total. The Morgan fingerprint density at radius 1 is 1.59 bits per heavy atom. The Morgan fingerprint density at radius 2 is 2.35 bits per heavy atom. The fourth-order valence-electron chi connectivity index (χ4n) is 1.58. The second kappa shape index (κ2) is 7.18. The topological polar surface area (TPSA) is 83.6 Å². The number of ether oxygens (including phenoxy) is 1. The number of nitrogens with one attached hydrogen (secondary N) is 1. The highest BCUT2D eigenvalue weighted by molar-refractivity contribution is 5.33. The van der Waals surface area contributed by atoms with E-state index in [-0.39, 0.29) is 0 Å². The van der Waals surface area contributed by atoms with Gasteiger partial charge < -0.3 is 15.3 Å². The molecule has 17 heavy (non-hydrogen) atoms. The largest absolute Gasteiger partial charge is 0.389 e. The van der Waals surface area contributed by atoms with Gasteiger partial charge >= 0.3 is 0 Å². The predicted octanol–water partition coefficient (Wildman–Crippen LogP) is -0.194. The normalized spacial score (nSPS) is 12.8. The maximum atomic E-state index is 9.57. The number of rotatable bonds is 7. The summed E-state index contributed by atoms with van der Waals surface area (Å²) >= 11 is 0. The molecular weight excluding hydrogens is 220 g/mol. The summed E-state index contributed by atoms with van der Waals surface area (Å²) in [5.74, 6) is 5.87. The van der Waals surface area contributed by atoms with Crippen molar-refractivity contribution in [3.05, 3.63) is 23.9 Å². The number of hydrazine groups is 1. The van der Waals surface area contributed by atoms with Gasteiger partial charge in [-0.15, -0.1) is 0 Å². The Bertz CT molecular complexity index is 318. The Kier molecular flexibility index (Phi) is 5.85. The summed E-state index contributed by atoms with van der Waals surface area (Å²) in [5.41, 5.74) is 3.54. The third-order valence-corrected chi connectivity index (χ3v) is 2.31. The Morgan fingerprint density at radius 3 is 2.88 bits per heavy atom. The quantitative estimate of drug-likeness (QED) is 0.452. The number of aliphatic hydroxyl groups excluding tert-OH is 1. The first-order valence-electron chi connectivity index (χ1n) is 5.42.